The van der Waals surface area contributed by atoms with Crippen LogP contribution in [0, 0.1) is 0 Å². The van der Waals surface area contributed by atoms with Crippen molar-refractivity contribution in [1.82, 2.24) is 0 Å². The van der Waals surface area contributed by atoms with E-state index in [0.29, 0.717) is 24.8 Å². The summed E-state index contributed by atoms with van der Waals surface area (Å²) in [6.45, 7) is 6.40. The van der Waals surface area contributed by atoms with Crippen LogP contribution in [0.15, 0.2) is 48.6 Å². The van der Waals surface area contributed by atoms with Crippen molar-refractivity contribution < 1.29 is 98.4 Å². The molecule has 0 fully saturated rings. The standard InChI is InChI=1S/C35H43F17O5Si/c1-6-55-27(54)13-11-9-7-8-10-12-26(53)24-14-16-25(17-15-24)56-19-20-57-58(22(2)3,23(4)5)21-18-28(36,37)29(38,39)30(40,41)31(42,43)32(44,45)33(46,47)34(48,49)35(50,51)52/h7,9,11,13-17,22-23,26,53H,6,8,10,12,18-21H2,1-5H3/b9-7+,13-11+/t26-/m0/s1. The predicted octanol–water partition coefficient (Wildman–Crippen LogP) is 12.1. The number of esters is 1. The number of benzene rings is 1. The second-order valence-corrected chi connectivity index (χ2v) is 18.7. The van der Waals surface area contributed by atoms with Gasteiger partial charge in [0.05, 0.1) is 19.3 Å². The van der Waals surface area contributed by atoms with Crippen LogP contribution in [0.5, 0.6) is 5.75 Å². The normalized spacial score (nSPS) is 15.3. The first-order chi connectivity index (χ1) is 26.2. The maximum atomic E-state index is 14.9. The number of carbonyl (C=O) groups excluding carboxylic acids is 1. The summed E-state index contributed by atoms with van der Waals surface area (Å²) in [7, 11) is -3.93. The third-order valence-corrected chi connectivity index (χ3v) is 14.9. The summed E-state index contributed by atoms with van der Waals surface area (Å²) in [4.78, 5) is 11.2. The van der Waals surface area contributed by atoms with E-state index >= 15 is 0 Å². The van der Waals surface area contributed by atoms with Gasteiger partial charge in [-0.05, 0) is 61.0 Å². The second kappa shape index (κ2) is 19.5. The number of alkyl halides is 17. The van der Waals surface area contributed by atoms with Gasteiger partial charge in [0.1, 0.15) is 12.4 Å². The summed E-state index contributed by atoms with van der Waals surface area (Å²) >= 11 is 0. The lowest BCUT2D eigenvalue weighted by Crippen LogP contribution is -2.74. The number of aliphatic hydroxyl groups excluding tert-OH is 1. The van der Waals surface area contributed by atoms with Crippen molar-refractivity contribution in [2.24, 2.45) is 0 Å². The molecule has 23 heteroatoms. The summed E-state index contributed by atoms with van der Waals surface area (Å²) in [6, 6.07) is 4.62. The van der Waals surface area contributed by atoms with E-state index in [0.717, 1.165) is 0 Å². The summed E-state index contributed by atoms with van der Waals surface area (Å²) in [5, 5.41) is 10.5. The minimum atomic E-state index is -8.68. The largest absolute Gasteiger partial charge is 0.491 e. The summed E-state index contributed by atoms with van der Waals surface area (Å²) in [5.41, 5.74) is -1.19. The monoisotopic (exact) mass is 894 g/mol. The number of rotatable bonds is 24. The van der Waals surface area contributed by atoms with E-state index in [4.69, 9.17) is 13.9 Å². The third-order valence-electron chi connectivity index (χ3n) is 9.17. The maximum absolute atomic E-state index is 14.9. The highest BCUT2D eigenvalue weighted by Crippen LogP contribution is 2.64. The van der Waals surface area contributed by atoms with Crippen LogP contribution in [0.4, 0.5) is 74.6 Å². The van der Waals surface area contributed by atoms with Crippen molar-refractivity contribution in [2.45, 2.75) is 131 Å². The van der Waals surface area contributed by atoms with Gasteiger partial charge in [-0.3, -0.25) is 0 Å². The van der Waals surface area contributed by atoms with E-state index in [9.17, 15) is 84.5 Å². The SMILES string of the molecule is CCOC(=O)/C=C/C=C/CCC[C@H](O)c1ccc(OCCO[Si](CCC(F)(F)C(F)(F)C(F)(F)C(F)(F)C(F)(F)C(F)(F)C(F)(F)C(F)(F)F)(C(C)C)C(C)C)cc1. The second-order valence-electron chi connectivity index (χ2n) is 13.7. The quantitative estimate of drug-likeness (QED) is 0.0280. The fraction of sp³-hybridized carbons (Fsp3) is 0.686. The Morgan fingerprint density at radius 2 is 1.19 bits per heavy atom. The first kappa shape index (κ1) is 52.9. The van der Waals surface area contributed by atoms with Gasteiger partial charge in [-0.1, -0.05) is 58.1 Å². The van der Waals surface area contributed by atoms with Crippen LogP contribution >= 0.6 is 0 Å². The van der Waals surface area contributed by atoms with Crippen LogP contribution in [0.25, 0.3) is 0 Å². The zero-order valence-electron chi connectivity index (χ0n) is 31.5. The Bertz CT molecular complexity index is 1500. The predicted molar refractivity (Wildman–Crippen MR) is 178 cm³/mol. The Morgan fingerprint density at radius 3 is 1.66 bits per heavy atom. The molecule has 58 heavy (non-hydrogen) atoms. The smallest absolute Gasteiger partial charge is 0.460 e. The first-order valence-corrected chi connectivity index (χ1v) is 19.7. The average molecular weight is 895 g/mol. The molecule has 5 nitrogen and oxygen atoms in total. The van der Waals surface area contributed by atoms with E-state index in [2.05, 4.69) is 0 Å². The summed E-state index contributed by atoms with van der Waals surface area (Å²) in [5.74, 6) is -56.9. The molecule has 1 atom stereocenters. The number of unbranched alkanes of at least 4 members (excludes halogenated alkanes) is 1. The molecule has 0 radical (unpaired) electrons. The zero-order chi connectivity index (χ0) is 45.4. The van der Waals surface area contributed by atoms with Gasteiger partial charge in [0, 0.05) is 12.5 Å². The molecule has 0 bridgehead atoms. The molecule has 0 saturated heterocycles. The Morgan fingerprint density at radius 1 is 0.707 bits per heavy atom. The first-order valence-electron chi connectivity index (χ1n) is 17.4. The molecular weight excluding hydrogens is 851 g/mol. The molecule has 0 amide bonds. The molecule has 0 aliphatic heterocycles. The van der Waals surface area contributed by atoms with Gasteiger partial charge in [0.15, 0.2) is 8.32 Å². The Balaban J connectivity index is 3.06. The maximum Gasteiger partial charge on any atom is 0.460 e. The van der Waals surface area contributed by atoms with E-state index in [1.165, 1.54) is 64.1 Å². The highest BCUT2D eigenvalue weighted by atomic mass is 28.4. The Kier molecular flexibility index (Phi) is 17.8. The van der Waals surface area contributed by atoms with Gasteiger partial charge in [-0.2, -0.15) is 74.6 Å². The third kappa shape index (κ3) is 11.0. The Labute approximate surface area is 323 Å². The minimum absolute atomic E-state index is 0.196. The fourth-order valence-electron chi connectivity index (χ4n) is 5.63. The van der Waals surface area contributed by atoms with Crippen LogP contribution < -0.4 is 4.74 Å². The Hall–Kier alpha value is -3.08. The molecule has 0 aliphatic rings. The zero-order valence-corrected chi connectivity index (χ0v) is 32.5. The van der Waals surface area contributed by atoms with Gasteiger partial charge >= 0.3 is 53.6 Å². The van der Waals surface area contributed by atoms with Gasteiger partial charge in [-0.15, -0.1) is 0 Å². The van der Waals surface area contributed by atoms with Crippen molar-refractivity contribution in [3.05, 3.63) is 54.1 Å². The van der Waals surface area contributed by atoms with E-state index in [-0.39, 0.29) is 19.0 Å². The molecule has 0 spiro atoms. The molecule has 0 unspecified atom stereocenters. The lowest BCUT2D eigenvalue weighted by Gasteiger charge is -2.44. The molecular formula is C35H43F17O5Si. The molecule has 1 aromatic carbocycles. The van der Waals surface area contributed by atoms with Crippen molar-refractivity contribution in [2.75, 3.05) is 19.8 Å². The molecule has 1 N–H and O–H groups in total. The average Bonchev–Trinajstić information content (AvgIpc) is 3.09. The van der Waals surface area contributed by atoms with Gasteiger partial charge in [0.25, 0.3) is 0 Å². The molecule has 0 heterocycles. The lowest BCUT2D eigenvalue weighted by atomic mass is 9.88. The number of ether oxygens (including phenoxy) is 2. The molecule has 1 aromatic rings. The molecule has 0 aromatic heterocycles. The van der Waals surface area contributed by atoms with E-state index < -0.39 is 98.2 Å². The van der Waals surface area contributed by atoms with Crippen molar-refractivity contribution in [3.63, 3.8) is 0 Å². The molecule has 1 rings (SSSR count). The summed E-state index contributed by atoms with van der Waals surface area (Å²) < 4.78 is 250. The van der Waals surface area contributed by atoms with Crippen LogP contribution in [-0.2, 0) is 14.0 Å². The number of hydrogen-bond donors (Lipinski definition) is 1. The van der Waals surface area contributed by atoms with Gasteiger partial charge < -0.3 is 19.0 Å². The highest BCUT2D eigenvalue weighted by Gasteiger charge is 2.95. The number of allylic oxidation sites excluding steroid dienone is 3. The fourth-order valence-corrected chi connectivity index (χ4v) is 10.1. The number of hydrogen-bond acceptors (Lipinski definition) is 5. The van der Waals surface area contributed by atoms with Gasteiger partial charge in [0.2, 0.25) is 0 Å². The van der Waals surface area contributed by atoms with Crippen LogP contribution in [-0.4, -0.2) is 86.8 Å². The number of halogens is 17. The van der Waals surface area contributed by atoms with Crippen molar-refractivity contribution >= 4 is 14.3 Å². The van der Waals surface area contributed by atoms with Crippen LogP contribution in [0.3, 0.4) is 0 Å². The van der Waals surface area contributed by atoms with Gasteiger partial charge in [-0.25, -0.2) is 4.79 Å². The van der Waals surface area contributed by atoms with Crippen LogP contribution in [0.2, 0.25) is 17.1 Å². The number of aliphatic hydroxyl groups is 1. The van der Waals surface area contributed by atoms with E-state index in [1.54, 1.807) is 19.1 Å². The molecule has 0 aliphatic carbocycles. The number of carbonyl (C=O) groups is 1. The molecule has 336 valence electrons. The highest BCUT2D eigenvalue weighted by molar-refractivity contribution is 6.76. The van der Waals surface area contributed by atoms with Crippen molar-refractivity contribution in [3.8, 4) is 5.75 Å². The van der Waals surface area contributed by atoms with Crippen LogP contribution in [0.1, 0.15) is 72.0 Å². The lowest BCUT2D eigenvalue weighted by molar-refractivity contribution is -0.461. The topological polar surface area (TPSA) is 65.0 Å². The molecule has 0 saturated carbocycles. The van der Waals surface area contributed by atoms with Crippen molar-refractivity contribution in [1.29, 1.82) is 0 Å². The van der Waals surface area contributed by atoms with E-state index in [1.807, 2.05) is 0 Å². The minimum Gasteiger partial charge on any atom is -0.491 e. The summed E-state index contributed by atoms with van der Waals surface area (Å²) in [6.07, 6.45) is -3.58.